The summed E-state index contributed by atoms with van der Waals surface area (Å²) in [5, 5.41) is 2.40. The molecular weight excluding hydrogens is 386 g/mol. The molecule has 0 aromatic heterocycles. The first kappa shape index (κ1) is 20.7. The van der Waals surface area contributed by atoms with Gasteiger partial charge in [0.2, 0.25) is 5.91 Å². The maximum Gasteiger partial charge on any atom is 0.236 e. The Kier molecular flexibility index (Phi) is 5.81. The molecule has 31 heavy (non-hydrogen) atoms. The number of aryl methyl sites for hydroxylation is 2. The standard InChI is InChI=1S/C26H33N3O2/c1-2-27-13-15-28(16-14-27)18-24(30)29-12-4-6-21(17-29)26(31)23-11-10-20-9-8-19-5-3-7-22(23)25(19)20/h3,5,7,10-11,21H,2,4,6,8-9,12-18H2,1H3/t21-/m1/s1. The summed E-state index contributed by atoms with van der Waals surface area (Å²) in [4.78, 5) is 33.2. The highest BCUT2D eigenvalue weighted by molar-refractivity contribution is 6.11. The van der Waals surface area contributed by atoms with E-state index in [2.05, 4.69) is 41.0 Å². The van der Waals surface area contributed by atoms with Crippen molar-refractivity contribution in [3.05, 3.63) is 47.0 Å². The third-order valence-electron chi connectivity index (χ3n) is 7.56. The average Bonchev–Trinajstić information content (AvgIpc) is 3.24. The van der Waals surface area contributed by atoms with Gasteiger partial charge in [0.15, 0.2) is 5.78 Å². The maximum absolute atomic E-state index is 13.5. The third kappa shape index (κ3) is 4.01. The zero-order valence-electron chi connectivity index (χ0n) is 18.6. The first-order valence-electron chi connectivity index (χ1n) is 11.9. The van der Waals surface area contributed by atoms with Crippen LogP contribution in [0.25, 0.3) is 10.8 Å². The van der Waals surface area contributed by atoms with Gasteiger partial charge in [-0.05, 0) is 54.1 Å². The van der Waals surface area contributed by atoms with Crippen molar-refractivity contribution in [1.29, 1.82) is 0 Å². The van der Waals surface area contributed by atoms with Crippen LogP contribution in [-0.4, -0.2) is 78.7 Å². The lowest BCUT2D eigenvalue weighted by Gasteiger charge is -2.37. The summed E-state index contributed by atoms with van der Waals surface area (Å²) in [5.74, 6) is 0.306. The molecule has 164 valence electrons. The summed E-state index contributed by atoms with van der Waals surface area (Å²) in [6.07, 6.45) is 3.93. The second-order valence-electron chi connectivity index (χ2n) is 9.37. The summed E-state index contributed by atoms with van der Waals surface area (Å²) in [5.41, 5.74) is 3.58. The number of hydrogen-bond acceptors (Lipinski definition) is 4. The van der Waals surface area contributed by atoms with Crippen LogP contribution in [0.3, 0.4) is 0 Å². The predicted molar refractivity (Wildman–Crippen MR) is 124 cm³/mol. The van der Waals surface area contributed by atoms with Crippen LogP contribution in [0.5, 0.6) is 0 Å². The highest BCUT2D eigenvalue weighted by Gasteiger charge is 2.31. The molecule has 5 nitrogen and oxygen atoms in total. The summed E-state index contributed by atoms with van der Waals surface area (Å²) >= 11 is 0. The number of Topliss-reactive ketones (excluding diaryl/α,β-unsaturated/α-hetero) is 1. The van der Waals surface area contributed by atoms with Crippen molar-refractivity contribution in [3.63, 3.8) is 0 Å². The summed E-state index contributed by atoms with van der Waals surface area (Å²) in [6.45, 7) is 9.08. The van der Waals surface area contributed by atoms with E-state index in [1.807, 2.05) is 11.0 Å². The number of piperazine rings is 1. The molecule has 0 saturated carbocycles. The highest BCUT2D eigenvalue weighted by atomic mass is 16.2. The van der Waals surface area contributed by atoms with Gasteiger partial charge >= 0.3 is 0 Å². The average molecular weight is 420 g/mol. The number of ketones is 1. The molecule has 5 rings (SSSR count). The molecule has 3 aliphatic rings. The van der Waals surface area contributed by atoms with E-state index in [9.17, 15) is 9.59 Å². The highest BCUT2D eigenvalue weighted by Crippen LogP contribution is 2.34. The molecule has 2 saturated heterocycles. The quantitative estimate of drug-likeness (QED) is 0.699. The Morgan fingerprint density at radius 1 is 0.935 bits per heavy atom. The smallest absolute Gasteiger partial charge is 0.236 e. The first-order chi connectivity index (χ1) is 15.1. The van der Waals surface area contributed by atoms with E-state index >= 15 is 0 Å². The van der Waals surface area contributed by atoms with Gasteiger partial charge in [0, 0.05) is 50.7 Å². The maximum atomic E-state index is 13.5. The number of carbonyl (C=O) groups is 2. The van der Waals surface area contributed by atoms with Crippen molar-refractivity contribution in [1.82, 2.24) is 14.7 Å². The van der Waals surface area contributed by atoms with Crippen molar-refractivity contribution in [3.8, 4) is 0 Å². The van der Waals surface area contributed by atoms with Crippen molar-refractivity contribution < 1.29 is 9.59 Å². The number of nitrogens with zero attached hydrogens (tertiary/aromatic N) is 3. The van der Waals surface area contributed by atoms with E-state index in [1.165, 1.54) is 16.5 Å². The SMILES string of the molecule is CCN1CCN(CC(=O)N2CCC[C@@H](C(=O)c3ccc4c5c(cccc35)CC4)C2)CC1. The minimum atomic E-state index is -0.0897. The molecule has 5 heteroatoms. The van der Waals surface area contributed by atoms with Crippen molar-refractivity contribution in [2.45, 2.75) is 32.6 Å². The summed E-state index contributed by atoms with van der Waals surface area (Å²) < 4.78 is 0. The van der Waals surface area contributed by atoms with Gasteiger partial charge in [0.25, 0.3) is 0 Å². The molecule has 0 spiro atoms. The lowest BCUT2D eigenvalue weighted by molar-refractivity contribution is -0.134. The monoisotopic (exact) mass is 419 g/mol. The van der Waals surface area contributed by atoms with Crippen LogP contribution in [-0.2, 0) is 17.6 Å². The Hall–Kier alpha value is -2.24. The van der Waals surface area contributed by atoms with E-state index < -0.39 is 0 Å². The zero-order chi connectivity index (χ0) is 21.4. The molecule has 1 atom stereocenters. The molecule has 0 bridgehead atoms. The third-order valence-corrected chi connectivity index (χ3v) is 7.56. The fourth-order valence-electron chi connectivity index (χ4n) is 5.65. The fourth-order valence-corrected chi connectivity index (χ4v) is 5.65. The number of likely N-dealkylation sites (tertiary alicyclic amines) is 1. The second-order valence-corrected chi connectivity index (χ2v) is 9.37. The van der Waals surface area contributed by atoms with Crippen molar-refractivity contribution in [2.24, 2.45) is 5.92 Å². The van der Waals surface area contributed by atoms with E-state index in [4.69, 9.17) is 0 Å². The lowest BCUT2D eigenvalue weighted by atomic mass is 9.87. The normalized spacial score (nSPS) is 22.2. The Morgan fingerprint density at radius 3 is 2.45 bits per heavy atom. The molecule has 2 aromatic carbocycles. The Labute approximate surface area is 185 Å². The van der Waals surface area contributed by atoms with Crippen LogP contribution in [0.15, 0.2) is 30.3 Å². The van der Waals surface area contributed by atoms with E-state index in [0.717, 1.165) is 75.9 Å². The number of amides is 1. The van der Waals surface area contributed by atoms with Gasteiger partial charge in [-0.25, -0.2) is 0 Å². The molecule has 2 aliphatic heterocycles. The van der Waals surface area contributed by atoms with Gasteiger partial charge in [-0.3, -0.25) is 14.5 Å². The number of hydrogen-bond donors (Lipinski definition) is 0. The molecule has 0 N–H and O–H groups in total. The Balaban J connectivity index is 1.27. The van der Waals surface area contributed by atoms with Crippen LogP contribution >= 0.6 is 0 Å². The van der Waals surface area contributed by atoms with Gasteiger partial charge in [-0.15, -0.1) is 0 Å². The minimum absolute atomic E-state index is 0.0897. The Bertz CT molecular complexity index is 983. The van der Waals surface area contributed by atoms with Crippen LogP contribution in [0.2, 0.25) is 0 Å². The molecular formula is C26H33N3O2. The minimum Gasteiger partial charge on any atom is -0.341 e. The molecule has 2 heterocycles. The molecule has 2 fully saturated rings. The fraction of sp³-hybridized carbons (Fsp3) is 0.538. The topological polar surface area (TPSA) is 43.9 Å². The largest absolute Gasteiger partial charge is 0.341 e. The zero-order valence-corrected chi connectivity index (χ0v) is 18.6. The number of benzene rings is 2. The molecule has 1 amide bonds. The number of carbonyl (C=O) groups excluding carboxylic acids is 2. The van der Waals surface area contributed by atoms with Crippen molar-refractivity contribution in [2.75, 3.05) is 52.4 Å². The van der Waals surface area contributed by atoms with Crippen LogP contribution in [0.4, 0.5) is 0 Å². The van der Waals surface area contributed by atoms with Gasteiger partial charge in [-0.1, -0.05) is 37.3 Å². The van der Waals surface area contributed by atoms with Crippen LogP contribution in [0, 0.1) is 5.92 Å². The van der Waals surface area contributed by atoms with E-state index in [0.29, 0.717) is 13.1 Å². The van der Waals surface area contributed by atoms with E-state index in [-0.39, 0.29) is 17.6 Å². The second kappa shape index (κ2) is 8.71. The van der Waals surface area contributed by atoms with Crippen LogP contribution < -0.4 is 0 Å². The summed E-state index contributed by atoms with van der Waals surface area (Å²) in [6, 6.07) is 10.5. The van der Waals surface area contributed by atoms with Gasteiger partial charge in [0.05, 0.1) is 6.54 Å². The first-order valence-corrected chi connectivity index (χ1v) is 11.9. The number of likely N-dealkylation sites (N-methyl/N-ethyl adjacent to an activating group) is 1. The molecule has 1 aliphatic carbocycles. The van der Waals surface area contributed by atoms with E-state index in [1.54, 1.807) is 0 Å². The Morgan fingerprint density at radius 2 is 1.68 bits per heavy atom. The number of piperidine rings is 1. The molecule has 0 unspecified atom stereocenters. The van der Waals surface area contributed by atoms with Gasteiger partial charge in [0.1, 0.15) is 0 Å². The predicted octanol–water partition coefficient (Wildman–Crippen LogP) is 3.00. The number of rotatable bonds is 5. The van der Waals surface area contributed by atoms with Gasteiger partial charge < -0.3 is 9.80 Å². The molecule has 2 aromatic rings. The van der Waals surface area contributed by atoms with Gasteiger partial charge in [-0.2, -0.15) is 0 Å². The van der Waals surface area contributed by atoms with Crippen molar-refractivity contribution >= 4 is 22.5 Å². The molecule has 0 radical (unpaired) electrons. The van der Waals surface area contributed by atoms with Crippen LogP contribution in [0.1, 0.15) is 41.3 Å². The summed E-state index contributed by atoms with van der Waals surface area (Å²) in [7, 11) is 0. The lowest BCUT2D eigenvalue weighted by Crippen LogP contribution is -2.51.